The highest BCUT2D eigenvalue weighted by Crippen LogP contribution is 2.31. The third-order valence-electron chi connectivity index (χ3n) is 5.69. The van der Waals surface area contributed by atoms with Crippen molar-refractivity contribution in [3.63, 3.8) is 0 Å². The molecule has 2 N–H and O–H groups in total. The third kappa shape index (κ3) is 7.64. The van der Waals surface area contributed by atoms with Crippen molar-refractivity contribution in [1.82, 2.24) is 10.6 Å². The Morgan fingerprint density at radius 2 is 1.30 bits per heavy atom. The van der Waals surface area contributed by atoms with Crippen molar-refractivity contribution in [2.75, 3.05) is 27.9 Å². The van der Waals surface area contributed by atoms with Crippen molar-refractivity contribution in [3.05, 3.63) is 83.4 Å². The molecule has 0 saturated heterocycles. The van der Waals surface area contributed by atoms with E-state index in [2.05, 4.69) is 24.5 Å². The first-order valence-electron chi connectivity index (χ1n) is 12.0. The van der Waals surface area contributed by atoms with Gasteiger partial charge in [-0.3, -0.25) is 9.59 Å². The molecule has 0 bridgehead atoms. The normalized spacial score (nSPS) is 10.7. The summed E-state index contributed by atoms with van der Waals surface area (Å²) in [4.78, 5) is 26.4. The summed E-state index contributed by atoms with van der Waals surface area (Å²) in [6, 6.07) is 18.9. The molecule has 3 rings (SSSR count). The summed E-state index contributed by atoms with van der Waals surface area (Å²) >= 11 is 0. The molecule has 3 aromatic carbocycles. The Bertz CT molecular complexity index is 1150. The van der Waals surface area contributed by atoms with Crippen molar-refractivity contribution in [2.45, 2.75) is 26.4 Å². The van der Waals surface area contributed by atoms with Gasteiger partial charge in [0.2, 0.25) is 0 Å². The number of hydrogen-bond acceptors (Lipinski definition) is 6. The van der Waals surface area contributed by atoms with Crippen molar-refractivity contribution < 1.29 is 28.5 Å². The highest BCUT2D eigenvalue weighted by Gasteiger charge is 2.21. The van der Waals surface area contributed by atoms with E-state index in [0.717, 1.165) is 6.42 Å². The van der Waals surface area contributed by atoms with Crippen LogP contribution in [0.15, 0.2) is 66.7 Å². The van der Waals surface area contributed by atoms with Gasteiger partial charge in [-0.2, -0.15) is 0 Å². The first-order chi connectivity index (χ1) is 17.8. The standard InChI is InChI=1S/C29H34N2O6/c1-19(2)14-15-37-26-18-20(12-13-25(26)36-5)27(30-28(32)21-8-6-10-23(16-21)34-3)31-29(33)22-9-7-11-24(17-22)35-4/h6-13,16-19,27H,14-15H2,1-5H3,(H,30,32)(H,31,33). The molecule has 0 spiro atoms. The summed E-state index contributed by atoms with van der Waals surface area (Å²) in [6.45, 7) is 4.75. The minimum absolute atomic E-state index is 0.382. The van der Waals surface area contributed by atoms with Crippen molar-refractivity contribution in [1.29, 1.82) is 0 Å². The fourth-order valence-corrected chi connectivity index (χ4v) is 3.55. The molecular weight excluding hydrogens is 472 g/mol. The molecule has 0 aliphatic heterocycles. The Kier molecular flexibility index (Phi) is 9.77. The molecule has 0 atom stereocenters. The molecule has 8 heteroatoms. The number of hydrogen-bond donors (Lipinski definition) is 2. The zero-order chi connectivity index (χ0) is 26.8. The van der Waals surface area contributed by atoms with Gasteiger partial charge in [0.15, 0.2) is 11.5 Å². The van der Waals surface area contributed by atoms with Crippen molar-refractivity contribution in [3.8, 4) is 23.0 Å². The maximum absolute atomic E-state index is 13.2. The summed E-state index contributed by atoms with van der Waals surface area (Å²) < 4.78 is 21.9. The number of rotatable bonds is 12. The number of benzene rings is 3. The van der Waals surface area contributed by atoms with Gasteiger partial charge in [0, 0.05) is 11.1 Å². The van der Waals surface area contributed by atoms with Gasteiger partial charge in [-0.15, -0.1) is 0 Å². The molecule has 0 aliphatic rings. The smallest absolute Gasteiger partial charge is 0.253 e. The van der Waals surface area contributed by atoms with Gasteiger partial charge in [0.05, 0.1) is 27.9 Å². The molecule has 3 aromatic rings. The molecule has 0 aromatic heterocycles. The van der Waals surface area contributed by atoms with Crippen LogP contribution >= 0.6 is 0 Å². The number of amides is 2. The van der Waals surface area contributed by atoms with Crippen LogP contribution < -0.4 is 29.6 Å². The van der Waals surface area contributed by atoms with E-state index < -0.39 is 6.17 Å². The fourth-order valence-electron chi connectivity index (χ4n) is 3.55. The summed E-state index contributed by atoms with van der Waals surface area (Å²) in [5.74, 6) is 1.90. The lowest BCUT2D eigenvalue weighted by Crippen LogP contribution is -2.41. The molecule has 0 aliphatic carbocycles. The number of nitrogens with one attached hydrogen (secondary N) is 2. The average molecular weight is 507 g/mol. The SMILES string of the molecule is COc1cccc(C(=O)NC(NC(=O)c2cccc(OC)c2)c2ccc(OC)c(OCCC(C)C)c2)c1. The Morgan fingerprint density at radius 3 is 1.78 bits per heavy atom. The Hall–Kier alpha value is -4.20. The Balaban J connectivity index is 1.93. The summed E-state index contributed by atoms with van der Waals surface area (Å²) in [6.07, 6.45) is 0.00595. The van der Waals surface area contributed by atoms with Crippen LogP contribution in [-0.4, -0.2) is 39.8 Å². The third-order valence-corrected chi connectivity index (χ3v) is 5.69. The van der Waals surface area contributed by atoms with Crippen LogP contribution in [-0.2, 0) is 0 Å². The van der Waals surface area contributed by atoms with E-state index in [1.54, 1.807) is 73.8 Å². The second-order valence-corrected chi connectivity index (χ2v) is 8.79. The summed E-state index contributed by atoms with van der Waals surface area (Å²) in [5.41, 5.74) is 1.40. The van der Waals surface area contributed by atoms with E-state index in [4.69, 9.17) is 18.9 Å². The second-order valence-electron chi connectivity index (χ2n) is 8.79. The van der Waals surface area contributed by atoms with E-state index in [1.807, 2.05) is 0 Å². The molecule has 196 valence electrons. The van der Waals surface area contributed by atoms with Gasteiger partial charge in [0.1, 0.15) is 17.7 Å². The van der Waals surface area contributed by atoms with E-state index in [9.17, 15) is 9.59 Å². The largest absolute Gasteiger partial charge is 0.497 e. The van der Waals surface area contributed by atoms with Gasteiger partial charge in [0.25, 0.3) is 11.8 Å². The molecule has 0 radical (unpaired) electrons. The summed E-state index contributed by atoms with van der Waals surface area (Å²) in [7, 11) is 4.63. The molecule has 8 nitrogen and oxygen atoms in total. The molecular formula is C29H34N2O6. The molecule has 0 saturated carbocycles. The van der Waals surface area contributed by atoms with Crippen LogP contribution in [0, 0.1) is 5.92 Å². The molecule has 2 amide bonds. The van der Waals surface area contributed by atoms with Gasteiger partial charge >= 0.3 is 0 Å². The van der Waals surface area contributed by atoms with E-state index in [-0.39, 0.29) is 11.8 Å². The van der Waals surface area contributed by atoms with Gasteiger partial charge < -0.3 is 29.6 Å². The van der Waals surface area contributed by atoms with Crippen LogP contribution in [0.1, 0.15) is 52.7 Å². The summed E-state index contributed by atoms with van der Waals surface area (Å²) in [5, 5.41) is 5.83. The zero-order valence-electron chi connectivity index (χ0n) is 21.9. The second kappa shape index (κ2) is 13.2. The number of carbonyl (C=O) groups excluding carboxylic acids is 2. The molecule has 0 fully saturated rings. The number of ether oxygens (including phenoxy) is 4. The van der Waals surface area contributed by atoms with Gasteiger partial charge in [-0.05, 0) is 66.4 Å². The lowest BCUT2D eigenvalue weighted by Gasteiger charge is -2.22. The number of carbonyl (C=O) groups is 2. The van der Waals surface area contributed by atoms with Crippen LogP contribution in [0.25, 0.3) is 0 Å². The Morgan fingerprint density at radius 1 is 0.730 bits per heavy atom. The quantitative estimate of drug-likeness (QED) is 0.336. The lowest BCUT2D eigenvalue weighted by molar-refractivity contribution is 0.0882. The molecule has 0 unspecified atom stereocenters. The minimum Gasteiger partial charge on any atom is -0.497 e. The van der Waals surface area contributed by atoms with Crippen molar-refractivity contribution in [2.24, 2.45) is 5.92 Å². The zero-order valence-corrected chi connectivity index (χ0v) is 21.9. The highest BCUT2D eigenvalue weighted by atomic mass is 16.5. The van der Waals surface area contributed by atoms with Gasteiger partial charge in [-0.25, -0.2) is 0 Å². The van der Waals surface area contributed by atoms with Crippen LogP contribution in [0.4, 0.5) is 0 Å². The fraction of sp³-hybridized carbons (Fsp3) is 0.310. The van der Waals surface area contributed by atoms with Crippen LogP contribution in [0.5, 0.6) is 23.0 Å². The first-order valence-corrected chi connectivity index (χ1v) is 12.0. The predicted octanol–water partition coefficient (Wildman–Crippen LogP) is 5.00. The van der Waals surface area contributed by atoms with Crippen molar-refractivity contribution >= 4 is 11.8 Å². The molecule has 37 heavy (non-hydrogen) atoms. The Labute approximate surface area is 217 Å². The lowest BCUT2D eigenvalue weighted by atomic mass is 10.1. The van der Waals surface area contributed by atoms with Gasteiger partial charge in [-0.1, -0.05) is 32.0 Å². The monoisotopic (exact) mass is 506 g/mol. The van der Waals surface area contributed by atoms with E-state index in [1.165, 1.54) is 14.2 Å². The van der Waals surface area contributed by atoms with Crippen LogP contribution in [0.3, 0.4) is 0 Å². The number of methoxy groups -OCH3 is 3. The van der Waals surface area contributed by atoms with Crippen LogP contribution in [0.2, 0.25) is 0 Å². The highest BCUT2D eigenvalue weighted by molar-refractivity contribution is 5.97. The topological polar surface area (TPSA) is 95.1 Å². The maximum atomic E-state index is 13.2. The first kappa shape index (κ1) is 27.4. The average Bonchev–Trinajstić information content (AvgIpc) is 2.92. The molecule has 0 heterocycles. The maximum Gasteiger partial charge on any atom is 0.253 e. The van der Waals surface area contributed by atoms with E-state index in [0.29, 0.717) is 52.2 Å². The minimum atomic E-state index is -0.865. The van der Waals surface area contributed by atoms with E-state index >= 15 is 0 Å². The predicted molar refractivity (Wildman–Crippen MR) is 142 cm³/mol.